The van der Waals surface area contributed by atoms with E-state index in [1.54, 1.807) is 12.1 Å². The summed E-state index contributed by atoms with van der Waals surface area (Å²) in [6.45, 7) is 2.47. The van der Waals surface area contributed by atoms with Crippen LogP contribution in [0.15, 0.2) is 53.4 Å². The highest BCUT2D eigenvalue weighted by Gasteiger charge is 2.35. The van der Waals surface area contributed by atoms with Gasteiger partial charge in [-0.05, 0) is 30.5 Å². The van der Waals surface area contributed by atoms with E-state index in [-0.39, 0.29) is 10.3 Å². The van der Waals surface area contributed by atoms with Crippen LogP contribution in [0.25, 0.3) is 0 Å². The molecule has 2 aromatic rings. The van der Waals surface area contributed by atoms with Crippen LogP contribution in [0.1, 0.15) is 18.4 Å². The first-order valence-corrected chi connectivity index (χ1v) is 10.6. The summed E-state index contributed by atoms with van der Waals surface area (Å²) in [7, 11) is -3.67. The molecular formula is C20H23NO5S. The van der Waals surface area contributed by atoms with Gasteiger partial charge in [0.1, 0.15) is 13.2 Å². The molecule has 4 rings (SSSR count). The molecule has 0 spiro atoms. The Bertz CT molecular complexity index is 892. The van der Waals surface area contributed by atoms with Gasteiger partial charge in [-0.1, -0.05) is 30.3 Å². The molecule has 0 saturated carbocycles. The molecule has 1 fully saturated rings. The van der Waals surface area contributed by atoms with Gasteiger partial charge in [0.15, 0.2) is 11.5 Å². The Morgan fingerprint density at radius 3 is 2.33 bits per heavy atom. The van der Waals surface area contributed by atoms with Crippen molar-refractivity contribution in [2.45, 2.75) is 23.2 Å². The van der Waals surface area contributed by atoms with Gasteiger partial charge in [0.05, 0.1) is 4.90 Å². The Labute approximate surface area is 159 Å². The minimum absolute atomic E-state index is 0.182. The number of nitrogens with one attached hydrogen (secondary N) is 1. The van der Waals surface area contributed by atoms with Crippen molar-refractivity contribution >= 4 is 10.0 Å². The molecule has 1 N–H and O–H groups in total. The molecule has 0 atom stereocenters. The fourth-order valence-electron chi connectivity index (χ4n) is 3.63. The number of rotatable bonds is 5. The lowest BCUT2D eigenvalue weighted by atomic mass is 9.74. The highest BCUT2D eigenvalue weighted by atomic mass is 32.2. The van der Waals surface area contributed by atoms with Crippen LogP contribution in [-0.4, -0.2) is 41.4 Å². The Kier molecular flexibility index (Phi) is 5.08. The van der Waals surface area contributed by atoms with Crippen molar-refractivity contribution in [3.8, 4) is 11.5 Å². The Balaban J connectivity index is 1.56. The van der Waals surface area contributed by atoms with E-state index < -0.39 is 10.0 Å². The van der Waals surface area contributed by atoms with Crippen molar-refractivity contribution < 1.29 is 22.6 Å². The third-order valence-electron chi connectivity index (χ3n) is 5.26. The lowest BCUT2D eigenvalue weighted by Crippen LogP contribution is -2.44. The summed E-state index contributed by atoms with van der Waals surface area (Å²) in [4.78, 5) is 0.182. The first-order chi connectivity index (χ1) is 13.1. The summed E-state index contributed by atoms with van der Waals surface area (Å²) in [6.07, 6.45) is 1.56. The quantitative estimate of drug-likeness (QED) is 0.851. The summed E-state index contributed by atoms with van der Waals surface area (Å²) in [5, 5.41) is 0. The van der Waals surface area contributed by atoms with Crippen LogP contribution in [0.2, 0.25) is 0 Å². The molecule has 0 amide bonds. The zero-order valence-corrected chi connectivity index (χ0v) is 15.8. The monoisotopic (exact) mass is 389 g/mol. The summed E-state index contributed by atoms with van der Waals surface area (Å²) < 4.78 is 45.1. The minimum Gasteiger partial charge on any atom is -0.486 e. The second-order valence-electron chi connectivity index (χ2n) is 6.89. The van der Waals surface area contributed by atoms with Gasteiger partial charge in [-0.3, -0.25) is 0 Å². The number of benzene rings is 2. The van der Waals surface area contributed by atoms with Crippen molar-refractivity contribution in [1.29, 1.82) is 0 Å². The number of hydrogen-bond acceptors (Lipinski definition) is 5. The molecule has 7 heteroatoms. The summed E-state index contributed by atoms with van der Waals surface area (Å²) in [5.41, 5.74) is 0.874. The minimum atomic E-state index is -3.67. The van der Waals surface area contributed by atoms with Gasteiger partial charge in [-0.15, -0.1) is 0 Å². The van der Waals surface area contributed by atoms with Gasteiger partial charge in [-0.25, -0.2) is 13.1 Å². The van der Waals surface area contributed by atoms with Crippen LogP contribution in [0, 0.1) is 0 Å². The van der Waals surface area contributed by atoms with Gasteiger partial charge in [0, 0.05) is 31.2 Å². The van der Waals surface area contributed by atoms with Crippen molar-refractivity contribution in [2.24, 2.45) is 0 Å². The third kappa shape index (κ3) is 3.81. The molecule has 144 valence electrons. The molecule has 2 heterocycles. The van der Waals surface area contributed by atoms with Crippen LogP contribution in [0.4, 0.5) is 0 Å². The first kappa shape index (κ1) is 18.3. The van der Waals surface area contributed by atoms with Crippen LogP contribution < -0.4 is 14.2 Å². The molecule has 27 heavy (non-hydrogen) atoms. The van der Waals surface area contributed by atoms with E-state index in [1.165, 1.54) is 6.07 Å². The third-order valence-corrected chi connectivity index (χ3v) is 6.66. The average Bonchev–Trinajstić information content (AvgIpc) is 2.73. The van der Waals surface area contributed by atoms with Crippen LogP contribution in [-0.2, 0) is 20.2 Å². The molecular weight excluding hydrogens is 366 g/mol. The normalized spacial score (nSPS) is 18.8. The topological polar surface area (TPSA) is 73.9 Å². The molecule has 0 aliphatic carbocycles. The van der Waals surface area contributed by atoms with Crippen molar-refractivity contribution in [3.05, 3.63) is 54.1 Å². The van der Waals surface area contributed by atoms with Gasteiger partial charge in [-0.2, -0.15) is 0 Å². The molecule has 1 saturated heterocycles. The summed E-state index contributed by atoms with van der Waals surface area (Å²) in [6, 6.07) is 14.8. The first-order valence-electron chi connectivity index (χ1n) is 9.12. The lowest BCUT2D eigenvalue weighted by molar-refractivity contribution is 0.0517. The van der Waals surface area contributed by atoms with Crippen molar-refractivity contribution in [1.82, 2.24) is 4.72 Å². The summed E-state index contributed by atoms with van der Waals surface area (Å²) in [5.74, 6) is 1.04. The molecule has 6 nitrogen and oxygen atoms in total. The lowest BCUT2D eigenvalue weighted by Gasteiger charge is -2.37. The van der Waals surface area contributed by atoms with Gasteiger partial charge < -0.3 is 14.2 Å². The standard InChI is InChI=1S/C20H23NO5S/c22-27(23,17-6-7-18-19(14-17)26-13-12-25-18)21-15-20(8-10-24-11-9-20)16-4-2-1-3-5-16/h1-7,14,21H,8-13,15H2. The van der Waals surface area contributed by atoms with Crippen LogP contribution >= 0.6 is 0 Å². The van der Waals surface area contributed by atoms with Crippen LogP contribution in [0.3, 0.4) is 0 Å². The van der Waals surface area contributed by atoms with Gasteiger partial charge in [0.2, 0.25) is 10.0 Å². The van der Waals surface area contributed by atoms with E-state index in [0.717, 1.165) is 18.4 Å². The molecule has 0 radical (unpaired) electrons. The Morgan fingerprint density at radius 2 is 1.59 bits per heavy atom. The zero-order chi connectivity index (χ0) is 18.7. The fraction of sp³-hybridized carbons (Fsp3) is 0.400. The summed E-state index contributed by atoms with van der Waals surface area (Å²) >= 11 is 0. The second-order valence-corrected chi connectivity index (χ2v) is 8.66. The van der Waals surface area contributed by atoms with E-state index in [0.29, 0.717) is 44.5 Å². The molecule has 2 aliphatic heterocycles. The number of fused-ring (bicyclic) bond motifs is 1. The van der Waals surface area contributed by atoms with E-state index in [4.69, 9.17) is 14.2 Å². The van der Waals surface area contributed by atoms with E-state index in [2.05, 4.69) is 16.9 Å². The van der Waals surface area contributed by atoms with Crippen molar-refractivity contribution in [2.75, 3.05) is 33.0 Å². The smallest absolute Gasteiger partial charge is 0.240 e. The fourth-order valence-corrected chi connectivity index (χ4v) is 4.77. The largest absolute Gasteiger partial charge is 0.486 e. The van der Waals surface area contributed by atoms with E-state index in [1.807, 2.05) is 18.2 Å². The Morgan fingerprint density at radius 1 is 0.889 bits per heavy atom. The maximum Gasteiger partial charge on any atom is 0.240 e. The molecule has 2 aromatic carbocycles. The SMILES string of the molecule is O=S(=O)(NCC1(c2ccccc2)CCOCC1)c1ccc2c(c1)OCCO2. The molecule has 0 unspecified atom stereocenters. The second kappa shape index (κ2) is 7.50. The highest BCUT2D eigenvalue weighted by molar-refractivity contribution is 7.89. The zero-order valence-electron chi connectivity index (χ0n) is 15.0. The maximum absolute atomic E-state index is 12.9. The van der Waals surface area contributed by atoms with Crippen molar-refractivity contribution in [3.63, 3.8) is 0 Å². The average molecular weight is 389 g/mol. The highest BCUT2D eigenvalue weighted by Crippen LogP contribution is 2.35. The molecule has 0 aromatic heterocycles. The predicted octanol–water partition coefficient (Wildman–Crippen LogP) is 2.48. The maximum atomic E-state index is 12.9. The van der Waals surface area contributed by atoms with E-state index >= 15 is 0 Å². The number of ether oxygens (including phenoxy) is 3. The predicted molar refractivity (Wildman–Crippen MR) is 101 cm³/mol. The van der Waals surface area contributed by atoms with Gasteiger partial charge in [0.25, 0.3) is 0 Å². The molecule has 0 bridgehead atoms. The molecule has 2 aliphatic rings. The van der Waals surface area contributed by atoms with Gasteiger partial charge >= 0.3 is 0 Å². The van der Waals surface area contributed by atoms with Crippen LogP contribution in [0.5, 0.6) is 11.5 Å². The Hall–Kier alpha value is -2.09. The number of hydrogen-bond donors (Lipinski definition) is 1. The number of sulfonamides is 1. The van der Waals surface area contributed by atoms with E-state index in [9.17, 15) is 8.42 Å².